The highest BCUT2D eigenvalue weighted by Crippen LogP contribution is 2.12. The molecule has 0 spiro atoms. The molecule has 3 aromatic rings. The van der Waals surface area contributed by atoms with E-state index in [9.17, 15) is 9.18 Å². The number of aromatic nitrogens is 3. The minimum absolute atomic E-state index is 0.280. The molecule has 0 unspecified atom stereocenters. The Hall–Kier alpha value is -2.76. The molecule has 106 valence electrons. The summed E-state index contributed by atoms with van der Waals surface area (Å²) in [6, 6.07) is 9.53. The Morgan fingerprint density at radius 2 is 1.95 bits per heavy atom. The number of esters is 1. The van der Waals surface area contributed by atoms with Gasteiger partial charge in [0.25, 0.3) is 0 Å². The van der Waals surface area contributed by atoms with Gasteiger partial charge in [-0.2, -0.15) is 0 Å². The molecule has 0 aliphatic rings. The lowest BCUT2D eigenvalue weighted by atomic mass is 10.1. The molecule has 0 saturated heterocycles. The van der Waals surface area contributed by atoms with Gasteiger partial charge in [-0.1, -0.05) is 12.1 Å². The van der Waals surface area contributed by atoms with Crippen LogP contribution >= 0.6 is 0 Å². The van der Waals surface area contributed by atoms with Crippen LogP contribution in [0.25, 0.3) is 5.65 Å². The van der Waals surface area contributed by atoms with Gasteiger partial charge in [0.1, 0.15) is 11.6 Å². The summed E-state index contributed by atoms with van der Waals surface area (Å²) in [5.74, 6) is -0.0291. The molecule has 2 aromatic heterocycles. The van der Waals surface area contributed by atoms with E-state index in [0.29, 0.717) is 23.5 Å². The van der Waals surface area contributed by atoms with Crippen molar-refractivity contribution in [2.24, 2.45) is 0 Å². The van der Waals surface area contributed by atoms with Gasteiger partial charge in [-0.05, 0) is 29.8 Å². The van der Waals surface area contributed by atoms with E-state index < -0.39 is 5.97 Å². The zero-order valence-corrected chi connectivity index (χ0v) is 11.3. The highest BCUT2D eigenvalue weighted by Gasteiger charge is 2.11. The van der Waals surface area contributed by atoms with Gasteiger partial charge < -0.3 is 4.74 Å². The van der Waals surface area contributed by atoms with Gasteiger partial charge in [-0.15, -0.1) is 10.2 Å². The van der Waals surface area contributed by atoms with E-state index >= 15 is 0 Å². The molecular weight excluding hydrogens is 273 g/mol. The number of carbonyl (C=O) groups is 1. The first-order chi connectivity index (χ1) is 10.2. The van der Waals surface area contributed by atoms with Crippen molar-refractivity contribution >= 4 is 11.6 Å². The molecule has 0 bridgehead atoms. The first-order valence-electron chi connectivity index (χ1n) is 6.34. The lowest BCUT2D eigenvalue weighted by Crippen LogP contribution is -2.04. The van der Waals surface area contributed by atoms with Crippen molar-refractivity contribution in [1.29, 1.82) is 0 Å². The number of pyridine rings is 1. The SMILES string of the molecule is COC(=O)c1ccc2nnc(Cc3ccc(F)cc3)n2c1. The number of fused-ring (bicyclic) bond motifs is 1. The van der Waals surface area contributed by atoms with Gasteiger partial charge in [0.2, 0.25) is 0 Å². The molecule has 3 rings (SSSR count). The van der Waals surface area contributed by atoms with Gasteiger partial charge >= 0.3 is 5.97 Å². The highest BCUT2D eigenvalue weighted by atomic mass is 19.1. The Morgan fingerprint density at radius 1 is 1.19 bits per heavy atom. The fourth-order valence-corrected chi connectivity index (χ4v) is 2.08. The molecule has 2 heterocycles. The van der Waals surface area contributed by atoms with E-state index in [1.54, 1.807) is 34.9 Å². The Balaban J connectivity index is 1.98. The normalized spacial score (nSPS) is 10.8. The van der Waals surface area contributed by atoms with E-state index in [1.165, 1.54) is 19.2 Å². The third-order valence-corrected chi connectivity index (χ3v) is 3.17. The van der Waals surface area contributed by atoms with Crippen molar-refractivity contribution in [2.45, 2.75) is 6.42 Å². The van der Waals surface area contributed by atoms with Gasteiger partial charge in [-0.3, -0.25) is 4.40 Å². The number of rotatable bonds is 3. The van der Waals surface area contributed by atoms with Crippen LogP contribution in [0, 0.1) is 5.82 Å². The second kappa shape index (κ2) is 5.32. The van der Waals surface area contributed by atoms with Crippen molar-refractivity contribution in [3.05, 3.63) is 65.4 Å². The third kappa shape index (κ3) is 2.60. The number of ether oxygens (including phenoxy) is 1. The molecular formula is C15H12FN3O2. The smallest absolute Gasteiger partial charge is 0.339 e. The highest BCUT2D eigenvalue weighted by molar-refractivity contribution is 5.89. The molecule has 0 fully saturated rings. The fraction of sp³-hybridized carbons (Fsp3) is 0.133. The van der Waals surface area contributed by atoms with Crippen LogP contribution in [0.2, 0.25) is 0 Å². The summed E-state index contributed by atoms with van der Waals surface area (Å²) in [7, 11) is 1.33. The number of carbonyl (C=O) groups excluding carboxylic acids is 1. The van der Waals surface area contributed by atoms with Gasteiger partial charge in [0.05, 0.1) is 12.7 Å². The van der Waals surface area contributed by atoms with Crippen LogP contribution in [0.3, 0.4) is 0 Å². The lowest BCUT2D eigenvalue weighted by molar-refractivity contribution is 0.0600. The van der Waals surface area contributed by atoms with Crippen LogP contribution in [-0.4, -0.2) is 27.7 Å². The van der Waals surface area contributed by atoms with E-state index in [0.717, 1.165) is 5.56 Å². The molecule has 0 saturated carbocycles. The summed E-state index contributed by atoms with van der Waals surface area (Å²) < 4.78 is 19.3. The van der Waals surface area contributed by atoms with E-state index in [2.05, 4.69) is 10.2 Å². The van der Waals surface area contributed by atoms with Gasteiger partial charge in [0, 0.05) is 12.6 Å². The predicted octanol–water partition coefficient (Wildman–Crippen LogP) is 2.25. The zero-order valence-electron chi connectivity index (χ0n) is 11.3. The molecule has 6 heteroatoms. The van der Waals surface area contributed by atoms with Crippen LogP contribution in [-0.2, 0) is 11.2 Å². The Morgan fingerprint density at radius 3 is 2.67 bits per heavy atom. The number of hydrogen-bond acceptors (Lipinski definition) is 4. The maximum absolute atomic E-state index is 12.9. The van der Waals surface area contributed by atoms with E-state index in [4.69, 9.17) is 4.74 Å². The number of methoxy groups -OCH3 is 1. The monoisotopic (exact) mass is 285 g/mol. The largest absolute Gasteiger partial charge is 0.465 e. The average Bonchev–Trinajstić information content (AvgIpc) is 2.91. The van der Waals surface area contributed by atoms with Crippen LogP contribution in [0.15, 0.2) is 42.6 Å². The quantitative estimate of drug-likeness (QED) is 0.693. The summed E-state index contributed by atoms with van der Waals surface area (Å²) in [5.41, 5.74) is 1.97. The molecule has 0 aliphatic heterocycles. The number of halogens is 1. The predicted molar refractivity (Wildman–Crippen MR) is 73.5 cm³/mol. The summed E-state index contributed by atoms with van der Waals surface area (Å²) in [6.07, 6.45) is 2.13. The maximum atomic E-state index is 12.9. The number of benzene rings is 1. The van der Waals surface area contributed by atoms with Crippen LogP contribution in [0.5, 0.6) is 0 Å². The Bertz CT molecular complexity index is 796. The first kappa shape index (κ1) is 13.2. The first-order valence-corrected chi connectivity index (χ1v) is 6.34. The van der Waals surface area contributed by atoms with Crippen molar-refractivity contribution < 1.29 is 13.9 Å². The van der Waals surface area contributed by atoms with Crippen molar-refractivity contribution in [3.63, 3.8) is 0 Å². The van der Waals surface area contributed by atoms with Gasteiger partial charge in [-0.25, -0.2) is 9.18 Å². The number of nitrogens with zero attached hydrogens (tertiary/aromatic N) is 3. The summed E-state index contributed by atoms with van der Waals surface area (Å²) in [5, 5.41) is 8.15. The molecule has 1 aromatic carbocycles. The van der Waals surface area contributed by atoms with Crippen LogP contribution in [0.1, 0.15) is 21.7 Å². The van der Waals surface area contributed by atoms with E-state index in [1.807, 2.05) is 0 Å². The molecule has 0 aliphatic carbocycles. The van der Waals surface area contributed by atoms with Gasteiger partial charge in [0.15, 0.2) is 5.65 Å². The van der Waals surface area contributed by atoms with Crippen molar-refractivity contribution in [2.75, 3.05) is 7.11 Å². The standard InChI is InChI=1S/C15H12FN3O2/c1-21-15(20)11-4-7-13-17-18-14(19(13)9-11)8-10-2-5-12(16)6-3-10/h2-7,9H,8H2,1H3. The third-order valence-electron chi connectivity index (χ3n) is 3.17. The fourth-order valence-electron chi connectivity index (χ4n) is 2.08. The van der Waals surface area contributed by atoms with Crippen LogP contribution in [0.4, 0.5) is 4.39 Å². The minimum Gasteiger partial charge on any atom is -0.465 e. The molecule has 21 heavy (non-hydrogen) atoms. The minimum atomic E-state index is -0.418. The lowest BCUT2D eigenvalue weighted by Gasteiger charge is -2.03. The Labute approximate surface area is 120 Å². The second-order valence-corrected chi connectivity index (χ2v) is 4.56. The summed E-state index contributed by atoms with van der Waals surface area (Å²) in [6.45, 7) is 0. The molecule has 0 N–H and O–H groups in total. The topological polar surface area (TPSA) is 56.5 Å². The van der Waals surface area contributed by atoms with Crippen LogP contribution < -0.4 is 0 Å². The molecule has 0 radical (unpaired) electrons. The van der Waals surface area contributed by atoms with E-state index in [-0.39, 0.29) is 5.82 Å². The Kier molecular flexibility index (Phi) is 3.35. The second-order valence-electron chi connectivity index (χ2n) is 4.56. The van der Waals surface area contributed by atoms with Crippen molar-refractivity contribution in [1.82, 2.24) is 14.6 Å². The molecule has 0 atom stereocenters. The maximum Gasteiger partial charge on any atom is 0.339 e. The average molecular weight is 285 g/mol. The zero-order chi connectivity index (χ0) is 14.8. The molecule has 0 amide bonds. The summed E-state index contributed by atoms with van der Waals surface area (Å²) in [4.78, 5) is 11.6. The molecule has 5 nitrogen and oxygen atoms in total. The number of hydrogen-bond donors (Lipinski definition) is 0. The summed E-state index contributed by atoms with van der Waals surface area (Å²) >= 11 is 0. The van der Waals surface area contributed by atoms with Crippen molar-refractivity contribution in [3.8, 4) is 0 Å².